The van der Waals surface area contributed by atoms with Gasteiger partial charge in [0.05, 0.1) is 4.91 Å². The van der Waals surface area contributed by atoms with E-state index in [9.17, 15) is 14.4 Å². The molecule has 7 heteroatoms. The maximum atomic E-state index is 11.3. The second kappa shape index (κ2) is 5.57. The van der Waals surface area contributed by atoms with Crippen LogP contribution in [0.4, 0.5) is 4.79 Å². The minimum Gasteiger partial charge on any atom is -0.482 e. The van der Waals surface area contributed by atoms with Crippen LogP contribution in [0, 0.1) is 0 Å². The van der Waals surface area contributed by atoms with Gasteiger partial charge in [0.1, 0.15) is 5.75 Å². The zero-order valence-corrected chi connectivity index (χ0v) is 10.4. The van der Waals surface area contributed by atoms with Crippen LogP contribution in [-0.2, 0) is 9.59 Å². The van der Waals surface area contributed by atoms with Gasteiger partial charge in [0.15, 0.2) is 6.61 Å². The Hall–Kier alpha value is -2.28. The van der Waals surface area contributed by atoms with Crippen LogP contribution in [-0.4, -0.2) is 28.8 Å². The van der Waals surface area contributed by atoms with E-state index < -0.39 is 23.7 Å². The van der Waals surface area contributed by atoms with Gasteiger partial charge in [-0.3, -0.25) is 14.9 Å². The van der Waals surface area contributed by atoms with Crippen molar-refractivity contribution in [2.45, 2.75) is 0 Å². The summed E-state index contributed by atoms with van der Waals surface area (Å²) in [7, 11) is 0. The van der Waals surface area contributed by atoms with E-state index >= 15 is 0 Å². The predicted molar refractivity (Wildman–Crippen MR) is 68.7 cm³/mol. The molecule has 1 aliphatic heterocycles. The molecule has 0 bridgehead atoms. The van der Waals surface area contributed by atoms with Gasteiger partial charge in [-0.1, -0.05) is 12.1 Å². The van der Waals surface area contributed by atoms with Crippen molar-refractivity contribution in [3.63, 3.8) is 0 Å². The molecule has 19 heavy (non-hydrogen) atoms. The smallest absolute Gasteiger partial charge is 0.341 e. The molecule has 1 heterocycles. The van der Waals surface area contributed by atoms with Crippen molar-refractivity contribution in [1.29, 1.82) is 0 Å². The number of carboxylic acids is 1. The highest BCUT2D eigenvalue weighted by atomic mass is 32.2. The minimum absolute atomic E-state index is 0.323. The van der Waals surface area contributed by atoms with Crippen LogP contribution in [0.3, 0.4) is 0 Å². The number of thioether (sulfide) groups is 1. The van der Waals surface area contributed by atoms with Crippen LogP contribution in [0.15, 0.2) is 29.2 Å². The summed E-state index contributed by atoms with van der Waals surface area (Å²) in [6.45, 7) is -0.410. The maximum Gasteiger partial charge on any atom is 0.341 e. The van der Waals surface area contributed by atoms with Crippen molar-refractivity contribution in [1.82, 2.24) is 5.32 Å². The first-order valence-corrected chi connectivity index (χ1v) is 6.06. The molecular weight excluding hydrogens is 270 g/mol. The SMILES string of the molecule is O=C(O)COc1ccc(/C=C2/SC(=O)NC2=O)cc1. The first-order valence-electron chi connectivity index (χ1n) is 5.24. The number of ether oxygens (including phenoxy) is 1. The summed E-state index contributed by atoms with van der Waals surface area (Å²) in [4.78, 5) is 32.9. The number of hydrogen-bond acceptors (Lipinski definition) is 5. The number of amides is 2. The quantitative estimate of drug-likeness (QED) is 0.811. The molecule has 1 aromatic carbocycles. The molecule has 6 nitrogen and oxygen atoms in total. The molecule has 1 fully saturated rings. The number of carbonyl (C=O) groups is 3. The summed E-state index contributed by atoms with van der Waals surface area (Å²) in [5.41, 5.74) is 0.718. The van der Waals surface area contributed by atoms with Gasteiger partial charge in [0.2, 0.25) is 0 Å². The highest BCUT2D eigenvalue weighted by molar-refractivity contribution is 8.18. The lowest BCUT2D eigenvalue weighted by molar-refractivity contribution is -0.139. The molecule has 0 spiro atoms. The van der Waals surface area contributed by atoms with E-state index in [1.807, 2.05) is 0 Å². The first-order chi connectivity index (χ1) is 9.04. The number of hydrogen-bond donors (Lipinski definition) is 2. The van der Waals surface area contributed by atoms with Crippen molar-refractivity contribution in [2.24, 2.45) is 0 Å². The Morgan fingerprint density at radius 2 is 2.00 bits per heavy atom. The zero-order chi connectivity index (χ0) is 13.8. The van der Waals surface area contributed by atoms with E-state index in [1.54, 1.807) is 30.3 Å². The highest BCUT2D eigenvalue weighted by Gasteiger charge is 2.24. The number of imide groups is 1. The predicted octanol–water partition coefficient (Wildman–Crippen LogP) is 1.47. The number of carboxylic acid groups (broad SMARTS) is 1. The highest BCUT2D eigenvalue weighted by Crippen LogP contribution is 2.26. The lowest BCUT2D eigenvalue weighted by Gasteiger charge is -2.03. The van der Waals surface area contributed by atoms with Crippen molar-refractivity contribution >= 4 is 35.0 Å². The maximum absolute atomic E-state index is 11.3. The van der Waals surface area contributed by atoms with Crippen LogP contribution in [0.25, 0.3) is 6.08 Å². The van der Waals surface area contributed by atoms with E-state index in [2.05, 4.69) is 5.32 Å². The summed E-state index contributed by atoms with van der Waals surface area (Å²) >= 11 is 0.839. The van der Waals surface area contributed by atoms with Gasteiger partial charge in [-0.05, 0) is 35.5 Å². The van der Waals surface area contributed by atoms with Crippen LogP contribution >= 0.6 is 11.8 Å². The zero-order valence-electron chi connectivity index (χ0n) is 9.58. The van der Waals surface area contributed by atoms with E-state index in [0.29, 0.717) is 10.7 Å². The summed E-state index contributed by atoms with van der Waals surface area (Å²) in [5.74, 6) is -1.05. The summed E-state index contributed by atoms with van der Waals surface area (Å²) in [5, 5.41) is 10.2. The van der Waals surface area contributed by atoms with Crippen LogP contribution in [0.2, 0.25) is 0 Å². The third-order valence-corrected chi connectivity index (χ3v) is 2.99. The fourth-order valence-electron chi connectivity index (χ4n) is 1.38. The van der Waals surface area contributed by atoms with Crippen molar-refractivity contribution in [3.8, 4) is 5.75 Å². The lowest BCUT2D eigenvalue weighted by atomic mass is 10.2. The largest absolute Gasteiger partial charge is 0.482 e. The molecule has 0 aromatic heterocycles. The Bertz CT molecular complexity index is 564. The Kier molecular flexibility index (Phi) is 3.86. The van der Waals surface area contributed by atoms with Crippen molar-refractivity contribution in [3.05, 3.63) is 34.7 Å². The lowest BCUT2D eigenvalue weighted by Crippen LogP contribution is -2.17. The fourth-order valence-corrected chi connectivity index (χ4v) is 2.06. The number of carbonyl (C=O) groups excluding carboxylic acids is 2. The molecule has 0 unspecified atom stereocenters. The van der Waals surface area contributed by atoms with E-state index in [4.69, 9.17) is 9.84 Å². The van der Waals surface area contributed by atoms with E-state index in [1.165, 1.54) is 0 Å². The van der Waals surface area contributed by atoms with E-state index in [-0.39, 0.29) is 0 Å². The fraction of sp³-hybridized carbons (Fsp3) is 0.0833. The van der Waals surface area contributed by atoms with Gasteiger partial charge < -0.3 is 9.84 Å². The van der Waals surface area contributed by atoms with Crippen LogP contribution in [0.1, 0.15) is 5.56 Å². The molecule has 1 aromatic rings. The third kappa shape index (κ3) is 3.59. The molecule has 1 aliphatic rings. The van der Waals surface area contributed by atoms with E-state index in [0.717, 1.165) is 17.3 Å². The molecule has 0 aliphatic carbocycles. The molecule has 2 rings (SSSR count). The number of benzene rings is 1. The van der Waals surface area contributed by atoms with Crippen LogP contribution < -0.4 is 10.1 Å². The van der Waals surface area contributed by atoms with Crippen LogP contribution in [0.5, 0.6) is 5.75 Å². The van der Waals surface area contributed by atoms with Gasteiger partial charge in [-0.15, -0.1) is 0 Å². The average Bonchev–Trinajstić information content (AvgIpc) is 2.67. The number of nitrogens with one attached hydrogen (secondary N) is 1. The average molecular weight is 279 g/mol. The molecule has 1 saturated heterocycles. The summed E-state index contributed by atoms with van der Waals surface area (Å²) in [6.07, 6.45) is 1.58. The molecule has 0 radical (unpaired) electrons. The topological polar surface area (TPSA) is 92.7 Å². The van der Waals surface area contributed by atoms with Gasteiger partial charge >= 0.3 is 5.97 Å². The monoisotopic (exact) mass is 279 g/mol. The van der Waals surface area contributed by atoms with Crippen molar-refractivity contribution < 1.29 is 24.2 Å². The molecule has 2 amide bonds. The first kappa shape index (κ1) is 13.2. The molecular formula is C12H9NO5S. The minimum atomic E-state index is -1.05. The summed E-state index contributed by atoms with van der Waals surface area (Å²) < 4.78 is 4.97. The summed E-state index contributed by atoms with van der Waals surface area (Å²) in [6, 6.07) is 6.52. The second-order valence-electron chi connectivity index (χ2n) is 3.60. The van der Waals surface area contributed by atoms with Crippen molar-refractivity contribution in [2.75, 3.05) is 6.61 Å². The molecule has 2 N–H and O–H groups in total. The molecule has 0 atom stereocenters. The Morgan fingerprint density at radius 3 is 2.53 bits per heavy atom. The molecule has 0 saturated carbocycles. The standard InChI is InChI=1S/C12H9NO5S/c14-10(15)6-18-8-3-1-7(2-4-8)5-9-11(16)13-12(17)19-9/h1-5H,6H2,(H,14,15)(H,13,16,17)/b9-5+. The Balaban J connectivity index is 2.06. The molecule has 98 valence electrons. The van der Waals surface area contributed by atoms with Gasteiger partial charge in [-0.2, -0.15) is 0 Å². The van der Waals surface area contributed by atoms with Gasteiger partial charge in [0, 0.05) is 0 Å². The second-order valence-corrected chi connectivity index (χ2v) is 4.62. The third-order valence-electron chi connectivity index (χ3n) is 2.18. The normalized spacial score (nSPS) is 16.5. The Labute approximate surface area is 112 Å². The Morgan fingerprint density at radius 1 is 1.32 bits per heavy atom. The number of aliphatic carboxylic acids is 1. The number of rotatable bonds is 4. The van der Waals surface area contributed by atoms with Gasteiger partial charge in [-0.25, -0.2) is 4.79 Å². The van der Waals surface area contributed by atoms with Gasteiger partial charge in [0.25, 0.3) is 11.1 Å².